The zero-order chi connectivity index (χ0) is 15.3. The molecule has 1 aromatic rings. The van der Waals surface area contributed by atoms with E-state index in [0.717, 1.165) is 5.56 Å². The highest BCUT2D eigenvalue weighted by Gasteiger charge is 2.25. The summed E-state index contributed by atoms with van der Waals surface area (Å²) in [5.41, 5.74) is 0.991. The van der Waals surface area contributed by atoms with Crippen molar-refractivity contribution in [2.24, 2.45) is 0 Å². The number of nitrogens with zero attached hydrogens (tertiary/aromatic N) is 1. The molecule has 0 amide bonds. The number of carboxylic acids is 1. The van der Waals surface area contributed by atoms with Crippen LogP contribution in [0.4, 0.5) is 0 Å². The zero-order valence-electron chi connectivity index (χ0n) is 12.7. The van der Waals surface area contributed by atoms with Gasteiger partial charge in [-0.3, -0.25) is 9.69 Å². The molecule has 0 saturated carbocycles. The van der Waals surface area contributed by atoms with E-state index in [-0.39, 0.29) is 6.04 Å². The molecule has 1 rings (SSSR count). The fraction of sp³-hybridized carbons (Fsp3) is 0.533. The van der Waals surface area contributed by atoms with E-state index in [1.54, 1.807) is 14.2 Å². The van der Waals surface area contributed by atoms with Gasteiger partial charge in [0.15, 0.2) is 11.5 Å². The van der Waals surface area contributed by atoms with Crippen molar-refractivity contribution in [3.63, 3.8) is 0 Å². The second-order valence-electron chi connectivity index (χ2n) is 4.72. The summed E-state index contributed by atoms with van der Waals surface area (Å²) in [6, 6.07) is 5.11. The normalized spacial score (nSPS) is 13.9. The Kier molecular flexibility index (Phi) is 5.82. The minimum Gasteiger partial charge on any atom is -0.493 e. The van der Waals surface area contributed by atoms with Gasteiger partial charge in [0.1, 0.15) is 6.04 Å². The molecule has 1 N–H and O–H groups in total. The number of benzene rings is 1. The van der Waals surface area contributed by atoms with Crippen LogP contribution in [0.5, 0.6) is 11.5 Å². The lowest BCUT2D eigenvalue weighted by Gasteiger charge is -2.30. The first kappa shape index (κ1) is 16.3. The second kappa shape index (κ2) is 7.14. The van der Waals surface area contributed by atoms with Gasteiger partial charge in [0, 0.05) is 6.04 Å². The van der Waals surface area contributed by atoms with Crippen molar-refractivity contribution in [1.82, 2.24) is 4.90 Å². The summed E-state index contributed by atoms with van der Waals surface area (Å²) in [4.78, 5) is 13.1. The van der Waals surface area contributed by atoms with Crippen LogP contribution in [-0.2, 0) is 4.79 Å². The summed E-state index contributed by atoms with van der Waals surface area (Å²) >= 11 is 0. The van der Waals surface area contributed by atoms with Crippen molar-refractivity contribution in [1.29, 1.82) is 0 Å². The summed E-state index contributed by atoms with van der Waals surface area (Å²) in [5, 5.41) is 9.24. The van der Waals surface area contributed by atoms with Gasteiger partial charge in [0.05, 0.1) is 14.2 Å². The van der Waals surface area contributed by atoms with Gasteiger partial charge in [-0.1, -0.05) is 13.0 Å². The van der Waals surface area contributed by atoms with E-state index < -0.39 is 12.0 Å². The average Bonchev–Trinajstić information content (AvgIpc) is 2.45. The molecule has 0 fully saturated rings. The molecule has 0 aliphatic carbocycles. The number of carbonyl (C=O) groups is 1. The summed E-state index contributed by atoms with van der Waals surface area (Å²) in [6.45, 7) is 3.85. The molecule has 0 aliphatic heterocycles. The lowest BCUT2D eigenvalue weighted by Crippen LogP contribution is -2.39. The zero-order valence-corrected chi connectivity index (χ0v) is 12.7. The Labute approximate surface area is 120 Å². The van der Waals surface area contributed by atoms with Crippen molar-refractivity contribution in [3.05, 3.63) is 23.8 Å². The van der Waals surface area contributed by atoms with E-state index in [1.165, 1.54) is 0 Å². The molecule has 0 spiro atoms. The number of hydrogen-bond donors (Lipinski definition) is 1. The highest BCUT2D eigenvalue weighted by atomic mass is 16.5. The minimum absolute atomic E-state index is 0.0316. The second-order valence-corrected chi connectivity index (χ2v) is 4.72. The standard InChI is InChI=1S/C15H23NO4/c1-6-12(15(17)18)16(3)10(2)11-7-8-13(19-4)14(9-11)20-5/h7-10,12H,6H2,1-5H3,(H,17,18). The monoisotopic (exact) mass is 281 g/mol. The Morgan fingerprint density at radius 1 is 1.30 bits per heavy atom. The molecule has 20 heavy (non-hydrogen) atoms. The Hall–Kier alpha value is -1.75. The van der Waals surface area contributed by atoms with E-state index in [4.69, 9.17) is 9.47 Å². The fourth-order valence-electron chi connectivity index (χ4n) is 2.25. The van der Waals surface area contributed by atoms with Crippen molar-refractivity contribution in [2.75, 3.05) is 21.3 Å². The third kappa shape index (κ3) is 3.42. The molecule has 0 saturated heterocycles. The fourth-order valence-corrected chi connectivity index (χ4v) is 2.25. The molecule has 2 atom stereocenters. The van der Waals surface area contributed by atoms with Crippen LogP contribution in [0, 0.1) is 0 Å². The van der Waals surface area contributed by atoms with Gasteiger partial charge in [-0.2, -0.15) is 0 Å². The third-order valence-electron chi connectivity index (χ3n) is 3.66. The van der Waals surface area contributed by atoms with Crippen LogP contribution in [-0.4, -0.2) is 43.3 Å². The predicted octanol–water partition coefficient (Wildman–Crippen LogP) is 2.56. The van der Waals surface area contributed by atoms with Crippen LogP contribution in [0.2, 0.25) is 0 Å². The maximum Gasteiger partial charge on any atom is 0.320 e. The largest absolute Gasteiger partial charge is 0.493 e. The Morgan fingerprint density at radius 3 is 2.35 bits per heavy atom. The lowest BCUT2D eigenvalue weighted by atomic mass is 10.0. The third-order valence-corrected chi connectivity index (χ3v) is 3.66. The number of carboxylic acid groups (broad SMARTS) is 1. The molecule has 0 radical (unpaired) electrons. The molecule has 5 heteroatoms. The topological polar surface area (TPSA) is 59.0 Å². The predicted molar refractivity (Wildman–Crippen MR) is 77.4 cm³/mol. The Morgan fingerprint density at radius 2 is 1.90 bits per heavy atom. The van der Waals surface area contributed by atoms with Crippen LogP contribution in [0.3, 0.4) is 0 Å². The lowest BCUT2D eigenvalue weighted by molar-refractivity contribution is -0.143. The molecular weight excluding hydrogens is 258 g/mol. The highest BCUT2D eigenvalue weighted by Crippen LogP contribution is 2.32. The Balaban J connectivity index is 3.02. The van der Waals surface area contributed by atoms with Crippen LogP contribution >= 0.6 is 0 Å². The van der Waals surface area contributed by atoms with E-state index in [2.05, 4.69) is 0 Å². The van der Waals surface area contributed by atoms with Gasteiger partial charge in [-0.15, -0.1) is 0 Å². The Bertz CT molecular complexity index is 461. The van der Waals surface area contributed by atoms with Crippen molar-refractivity contribution >= 4 is 5.97 Å². The van der Waals surface area contributed by atoms with Gasteiger partial charge in [0.25, 0.3) is 0 Å². The number of ether oxygens (including phenoxy) is 2. The van der Waals surface area contributed by atoms with Crippen molar-refractivity contribution in [3.8, 4) is 11.5 Å². The molecule has 0 aliphatic rings. The smallest absolute Gasteiger partial charge is 0.320 e. The van der Waals surface area contributed by atoms with Gasteiger partial charge in [-0.25, -0.2) is 0 Å². The van der Waals surface area contributed by atoms with Crippen LogP contribution < -0.4 is 9.47 Å². The first-order valence-corrected chi connectivity index (χ1v) is 6.62. The van der Waals surface area contributed by atoms with Gasteiger partial charge in [-0.05, 0) is 38.1 Å². The molecule has 0 bridgehead atoms. The number of hydrogen-bond acceptors (Lipinski definition) is 4. The van der Waals surface area contributed by atoms with Crippen LogP contribution in [0.25, 0.3) is 0 Å². The maximum absolute atomic E-state index is 11.2. The summed E-state index contributed by atoms with van der Waals surface area (Å²) in [5.74, 6) is 0.507. The summed E-state index contributed by atoms with van der Waals surface area (Å²) in [7, 11) is 5.00. The number of aliphatic carboxylic acids is 1. The van der Waals surface area contributed by atoms with E-state index in [1.807, 2.05) is 44.0 Å². The number of rotatable bonds is 7. The van der Waals surface area contributed by atoms with E-state index in [9.17, 15) is 9.90 Å². The average molecular weight is 281 g/mol. The highest BCUT2D eigenvalue weighted by molar-refractivity contribution is 5.73. The first-order valence-electron chi connectivity index (χ1n) is 6.62. The summed E-state index contributed by atoms with van der Waals surface area (Å²) in [6.07, 6.45) is 0.559. The van der Waals surface area contributed by atoms with Crippen molar-refractivity contribution < 1.29 is 19.4 Å². The van der Waals surface area contributed by atoms with E-state index in [0.29, 0.717) is 17.9 Å². The molecule has 5 nitrogen and oxygen atoms in total. The van der Waals surface area contributed by atoms with Gasteiger partial charge >= 0.3 is 5.97 Å². The minimum atomic E-state index is -0.803. The van der Waals surface area contributed by atoms with Gasteiger partial charge < -0.3 is 14.6 Å². The number of methoxy groups -OCH3 is 2. The SMILES string of the molecule is CCC(C(=O)O)N(C)C(C)c1ccc(OC)c(OC)c1. The molecule has 0 aromatic heterocycles. The molecule has 1 aromatic carbocycles. The van der Waals surface area contributed by atoms with Crippen LogP contribution in [0.15, 0.2) is 18.2 Å². The quantitative estimate of drug-likeness (QED) is 0.832. The molecule has 112 valence electrons. The van der Waals surface area contributed by atoms with Crippen LogP contribution in [0.1, 0.15) is 31.9 Å². The summed E-state index contributed by atoms with van der Waals surface area (Å²) < 4.78 is 10.5. The van der Waals surface area contributed by atoms with E-state index >= 15 is 0 Å². The number of likely N-dealkylation sites (N-methyl/N-ethyl adjacent to an activating group) is 1. The molecular formula is C15H23NO4. The molecule has 2 unspecified atom stereocenters. The van der Waals surface area contributed by atoms with Crippen molar-refractivity contribution in [2.45, 2.75) is 32.4 Å². The first-order chi connectivity index (χ1) is 9.46. The van der Waals surface area contributed by atoms with Gasteiger partial charge in [0.2, 0.25) is 0 Å². The maximum atomic E-state index is 11.2. The molecule has 0 heterocycles.